The number of hydrogen-bond donors (Lipinski definition) is 0. The summed E-state index contributed by atoms with van der Waals surface area (Å²) in [6.07, 6.45) is 14.4. The minimum absolute atomic E-state index is 0.498. The zero-order valence-corrected chi connectivity index (χ0v) is 15.1. The average molecular weight is 351 g/mol. The quantitative estimate of drug-likeness (QED) is 0.570. The molecule has 0 saturated carbocycles. The molecule has 116 valence electrons. The topological polar surface area (TPSA) is 27.1 Å². The molecule has 0 N–H and O–H groups in total. The Labute approximate surface area is 144 Å². The zero-order chi connectivity index (χ0) is 15.6. The van der Waals surface area contributed by atoms with Gasteiger partial charge in [-0.25, -0.2) is 4.98 Å². The Balaban J connectivity index is 2.07. The molecule has 1 aliphatic rings. The molecule has 0 saturated heterocycles. The summed E-state index contributed by atoms with van der Waals surface area (Å²) in [5.74, 6) is 0. The van der Waals surface area contributed by atoms with Crippen LogP contribution in [0.15, 0.2) is 24.8 Å². The van der Waals surface area contributed by atoms with Crippen LogP contribution in [0.2, 0.25) is 0 Å². The number of aromatic nitrogens is 2. The van der Waals surface area contributed by atoms with E-state index in [4.69, 9.17) is 17.0 Å². The molecule has 0 amide bonds. The number of thiocarbonyl (C=S) groups is 1. The molecule has 1 aliphatic carbocycles. The van der Waals surface area contributed by atoms with E-state index in [1.54, 1.807) is 18.0 Å². The molecule has 22 heavy (non-hydrogen) atoms. The Morgan fingerprint density at radius 3 is 3.09 bits per heavy atom. The third-order valence-electron chi connectivity index (χ3n) is 4.00. The summed E-state index contributed by atoms with van der Waals surface area (Å²) < 4.78 is 8.03. The molecule has 6 heteroatoms. The lowest BCUT2D eigenvalue weighted by Crippen LogP contribution is -2.30. The molecule has 0 aromatic carbocycles. The van der Waals surface area contributed by atoms with Gasteiger partial charge in [-0.2, -0.15) is 0 Å². The molecule has 3 rings (SSSR count). The second-order valence-electron chi connectivity index (χ2n) is 5.25. The summed E-state index contributed by atoms with van der Waals surface area (Å²) in [5.41, 5.74) is 4.19. The van der Waals surface area contributed by atoms with Crippen molar-refractivity contribution in [3.05, 3.63) is 45.7 Å². The van der Waals surface area contributed by atoms with Gasteiger partial charge in [-0.3, -0.25) is 0 Å². The number of hydrogen-bond acceptors (Lipinski definition) is 5. The minimum atomic E-state index is -0.498. The lowest BCUT2D eigenvalue weighted by Gasteiger charge is -2.31. The van der Waals surface area contributed by atoms with Gasteiger partial charge in [0.1, 0.15) is 5.55 Å². The van der Waals surface area contributed by atoms with Gasteiger partial charge in [0.15, 0.2) is 0 Å². The van der Waals surface area contributed by atoms with Gasteiger partial charge in [0.05, 0.1) is 17.7 Å². The van der Waals surface area contributed by atoms with Crippen molar-refractivity contribution in [2.75, 3.05) is 6.26 Å². The van der Waals surface area contributed by atoms with Crippen LogP contribution in [-0.4, -0.2) is 21.4 Å². The lowest BCUT2D eigenvalue weighted by molar-refractivity contribution is 0.149. The second-order valence-corrected chi connectivity index (χ2v) is 7.56. The minimum Gasteiger partial charge on any atom is -0.466 e. The molecular weight excluding hydrogens is 332 g/mol. The van der Waals surface area contributed by atoms with Crippen molar-refractivity contribution in [2.24, 2.45) is 0 Å². The number of allylic oxidation sites excluding steroid dienone is 1. The monoisotopic (exact) mass is 350 g/mol. The highest BCUT2D eigenvalue weighted by Gasteiger charge is 2.38. The number of imidazole rings is 1. The number of nitrogens with zero attached hydrogens (tertiary/aromatic N) is 2. The third-order valence-corrected chi connectivity index (χ3v) is 6.75. The van der Waals surface area contributed by atoms with Crippen LogP contribution >= 0.6 is 35.3 Å². The third kappa shape index (κ3) is 2.75. The highest BCUT2D eigenvalue weighted by molar-refractivity contribution is 7.99. The van der Waals surface area contributed by atoms with Crippen molar-refractivity contribution >= 4 is 46.9 Å². The normalized spacial score (nSPS) is 16.1. The average Bonchev–Trinajstić information content (AvgIpc) is 3.15. The molecule has 0 spiro atoms. The molecule has 0 aliphatic heterocycles. The largest absolute Gasteiger partial charge is 0.466 e. The molecule has 1 unspecified atom stereocenters. The van der Waals surface area contributed by atoms with Gasteiger partial charge in [-0.1, -0.05) is 6.08 Å². The molecule has 1 atom stereocenters. The van der Waals surface area contributed by atoms with Crippen LogP contribution in [0.3, 0.4) is 0 Å². The number of thiophene rings is 1. The van der Waals surface area contributed by atoms with E-state index in [9.17, 15) is 0 Å². The van der Waals surface area contributed by atoms with Gasteiger partial charge in [0, 0.05) is 17.3 Å². The van der Waals surface area contributed by atoms with Crippen LogP contribution in [0.1, 0.15) is 27.3 Å². The lowest BCUT2D eigenvalue weighted by atomic mass is 9.99. The van der Waals surface area contributed by atoms with Crippen molar-refractivity contribution < 1.29 is 4.74 Å². The molecule has 3 nitrogen and oxygen atoms in total. The van der Waals surface area contributed by atoms with E-state index in [2.05, 4.69) is 30.3 Å². The van der Waals surface area contributed by atoms with Crippen LogP contribution in [0.5, 0.6) is 0 Å². The Bertz CT molecular complexity index is 691. The van der Waals surface area contributed by atoms with Gasteiger partial charge >= 0.3 is 0 Å². The predicted molar refractivity (Wildman–Crippen MR) is 98.6 cm³/mol. The van der Waals surface area contributed by atoms with Gasteiger partial charge in [0.25, 0.3) is 0 Å². The number of fused-ring (bicyclic) bond motifs is 1. The highest BCUT2D eigenvalue weighted by atomic mass is 32.2. The van der Waals surface area contributed by atoms with Crippen LogP contribution in [-0.2, 0) is 22.6 Å². The van der Waals surface area contributed by atoms with Crippen molar-refractivity contribution in [3.63, 3.8) is 0 Å². The maximum atomic E-state index is 5.99. The summed E-state index contributed by atoms with van der Waals surface area (Å²) >= 11 is 8.53. The number of ether oxygens (including phenoxy) is 1. The molecule has 0 fully saturated rings. The Hall–Kier alpha value is -1.11. The standard InChI is InChI=1S/C16H18N2OS3/c1-12-13-5-3-4-6-14(13)22-15(12)16(21-2,19-11-20)9-18-8-7-17-10-18/h4,6-8,10-11H,3,5,9H2,1-2H3. The molecule has 2 aromatic rings. The van der Waals surface area contributed by atoms with Crippen LogP contribution < -0.4 is 0 Å². The van der Waals surface area contributed by atoms with E-state index in [1.165, 1.54) is 26.4 Å². The molecule has 0 bridgehead atoms. The summed E-state index contributed by atoms with van der Waals surface area (Å²) in [6.45, 7) is 2.89. The maximum absolute atomic E-state index is 5.99. The van der Waals surface area contributed by atoms with Gasteiger partial charge < -0.3 is 9.30 Å². The summed E-state index contributed by atoms with van der Waals surface area (Å²) in [4.78, 5) is 6.25. The van der Waals surface area contributed by atoms with Crippen LogP contribution in [0.25, 0.3) is 6.08 Å². The Morgan fingerprint density at radius 1 is 1.59 bits per heavy atom. The van der Waals surface area contributed by atoms with Gasteiger partial charge in [0.2, 0.25) is 4.93 Å². The maximum Gasteiger partial charge on any atom is 0.207 e. The van der Waals surface area contributed by atoms with Crippen molar-refractivity contribution in [3.8, 4) is 0 Å². The fraction of sp³-hybridized carbons (Fsp3) is 0.375. The summed E-state index contributed by atoms with van der Waals surface area (Å²) in [7, 11) is 0. The smallest absolute Gasteiger partial charge is 0.207 e. The summed E-state index contributed by atoms with van der Waals surface area (Å²) in [5, 5.41) is 0. The van der Waals surface area contributed by atoms with E-state index in [0.29, 0.717) is 6.54 Å². The van der Waals surface area contributed by atoms with E-state index >= 15 is 0 Å². The Kier molecular flexibility index (Phi) is 4.70. The number of rotatable bonds is 6. The molecule has 0 radical (unpaired) electrons. The van der Waals surface area contributed by atoms with E-state index < -0.39 is 4.93 Å². The van der Waals surface area contributed by atoms with Gasteiger partial charge in [-0.05, 0) is 55.4 Å². The molecule has 2 heterocycles. The first-order valence-corrected chi connectivity index (χ1v) is 9.63. The molecule has 2 aromatic heterocycles. The Morgan fingerprint density at radius 2 is 2.45 bits per heavy atom. The highest BCUT2D eigenvalue weighted by Crippen LogP contribution is 2.46. The van der Waals surface area contributed by atoms with Crippen molar-refractivity contribution in [1.82, 2.24) is 9.55 Å². The molecular formula is C16H18N2OS3. The van der Waals surface area contributed by atoms with Gasteiger partial charge in [-0.15, -0.1) is 23.1 Å². The first-order valence-electron chi connectivity index (χ1n) is 7.12. The van der Waals surface area contributed by atoms with Crippen LogP contribution in [0.4, 0.5) is 0 Å². The second kappa shape index (κ2) is 6.56. The van der Waals surface area contributed by atoms with E-state index in [1.807, 2.05) is 28.4 Å². The van der Waals surface area contributed by atoms with Crippen LogP contribution in [0, 0.1) is 6.92 Å². The van der Waals surface area contributed by atoms with E-state index in [-0.39, 0.29) is 0 Å². The summed E-state index contributed by atoms with van der Waals surface area (Å²) in [6, 6.07) is 0. The SMILES string of the molecule is CSC(Cn1ccnc1)(OC=S)c1sc2c(c1C)CCC=C2. The van der Waals surface area contributed by atoms with Crippen molar-refractivity contribution in [1.29, 1.82) is 0 Å². The van der Waals surface area contributed by atoms with Crippen molar-refractivity contribution in [2.45, 2.75) is 31.2 Å². The first-order chi connectivity index (χ1) is 10.7. The number of thioether (sulfide) groups is 1. The van der Waals surface area contributed by atoms with E-state index in [0.717, 1.165) is 12.8 Å². The predicted octanol–water partition coefficient (Wildman–Crippen LogP) is 4.40. The fourth-order valence-corrected chi connectivity index (χ4v) is 5.53. The fourth-order valence-electron chi connectivity index (χ4n) is 2.86. The zero-order valence-electron chi connectivity index (χ0n) is 12.6. The first kappa shape index (κ1) is 15.8.